The highest BCUT2D eigenvalue weighted by Gasteiger charge is 2.22. The zero-order valence-corrected chi connectivity index (χ0v) is 16.4. The first-order valence-corrected chi connectivity index (χ1v) is 10.3. The van der Waals surface area contributed by atoms with E-state index in [1.165, 1.54) is 12.0 Å². The molecule has 0 aliphatic carbocycles. The first kappa shape index (κ1) is 19.5. The van der Waals surface area contributed by atoms with Crippen LogP contribution in [0.5, 0.6) is 5.75 Å². The molecular weight excluding hydrogens is 334 g/mol. The standard InChI is InChI=1S/C24H31NO2/c1-2-27-23-11-7-6-10-22(23)14-15-24(26)25-18-16-21(17-19-25)13-12-20-8-4-3-5-9-20/h3-11,21H,2,12-19H2,1H3. The Morgan fingerprint density at radius 3 is 2.44 bits per heavy atom. The SMILES string of the molecule is CCOc1ccccc1CCC(=O)N1CCC(CCc2ccccc2)CC1. The largest absolute Gasteiger partial charge is 0.494 e. The number of carbonyl (C=O) groups excluding carboxylic acids is 1. The van der Waals surface area contributed by atoms with Gasteiger partial charge in [-0.05, 0) is 62.1 Å². The van der Waals surface area contributed by atoms with Crippen molar-refractivity contribution in [2.75, 3.05) is 19.7 Å². The average Bonchev–Trinajstić information content (AvgIpc) is 2.73. The molecule has 3 nitrogen and oxygen atoms in total. The van der Waals surface area contributed by atoms with Gasteiger partial charge in [-0.1, -0.05) is 48.5 Å². The summed E-state index contributed by atoms with van der Waals surface area (Å²) < 4.78 is 5.67. The molecule has 27 heavy (non-hydrogen) atoms. The van der Waals surface area contributed by atoms with Crippen molar-refractivity contribution < 1.29 is 9.53 Å². The van der Waals surface area contributed by atoms with E-state index in [2.05, 4.69) is 41.3 Å². The Bertz CT molecular complexity index is 705. The fourth-order valence-corrected chi connectivity index (χ4v) is 3.89. The summed E-state index contributed by atoms with van der Waals surface area (Å²) in [4.78, 5) is 14.7. The van der Waals surface area contributed by atoms with Gasteiger partial charge in [0.2, 0.25) is 5.91 Å². The molecule has 0 spiro atoms. The van der Waals surface area contributed by atoms with Crippen molar-refractivity contribution in [3.63, 3.8) is 0 Å². The molecule has 144 valence electrons. The van der Waals surface area contributed by atoms with Crippen LogP contribution >= 0.6 is 0 Å². The van der Waals surface area contributed by atoms with Crippen LogP contribution in [0, 0.1) is 5.92 Å². The number of ether oxygens (including phenoxy) is 1. The van der Waals surface area contributed by atoms with E-state index in [4.69, 9.17) is 4.74 Å². The summed E-state index contributed by atoms with van der Waals surface area (Å²) in [5, 5.41) is 0. The molecule has 0 atom stereocenters. The highest BCUT2D eigenvalue weighted by atomic mass is 16.5. The number of hydrogen-bond donors (Lipinski definition) is 0. The number of benzene rings is 2. The van der Waals surface area contributed by atoms with E-state index in [9.17, 15) is 4.79 Å². The Kier molecular flexibility index (Phi) is 7.32. The lowest BCUT2D eigenvalue weighted by atomic mass is 9.90. The molecule has 1 amide bonds. The van der Waals surface area contributed by atoms with E-state index < -0.39 is 0 Å². The fraction of sp³-hybridized carbons (Fsp3) is 0.458. The predicted octanol–water partition coefficient (Wildman–Crippen LogP) is 4.89. The van der Waals surface area contributed by atoms with Gasteiger partial charge < -0.3 is 9.64 Å². The molecule has 0 radical (unpaired) electrons. The van der Waals surface area contributed by atoms with Crippen molar-refractivity contribution in [2.24, 2.45) is 5.92 Å². The fourth-order valence-electron chi connectivity index (χ4n) is 3.89. The molecule has 0 N–H and O–H groups in total. The second kappa shape index (κ2) is 10.1. The van der Waals surface area contributed by atoms with Gasteiger partial charge in [-0.25, -0.2) is 0 Å². The van der Waals surface area contributed by atoms with E-state index in [1.807, 2.05) is 25.1 Å². The van der Waals surface area contributed by atoms with Crippen LogP contribution in [-0.2, 0) is 17.6 Å². The summed E-state index contributed by atoms with van der Waals surface area (Å²) in [6.07, 6.45) is 5.96. The first-order chi connectivity index (χ1) is 13.3. The molecule has 3 heteroatoms. The minimum Gasteiger partial charge on any atom is -0.494 e. The number of likely N-dealkylation sites (tertiary alicyclic amines) is 1. The molecule has 0 bridgehead atoms. The van der Waals surface area contributed by atoms with Crippen molar-refractivity contribution in [1.82, 2.24) is 4.90 Å². The van der Waals surface area contributed by atoms with Crippen LogP contribution in [0.25, 0.3) is 0 Å². The lowest BCUT2D eigenvalue weighted by Gasteiger charge is -2.32. The maximum atomic E-state index is 12.6. The van der Waals surface area contributed by atoms with Crippen LogP contribution in [0.4, 0.5) is 0 Å². The molecule has 0 unspecified atom stereocenters. The van der Waals surface area contributed by atoms with Gasteiger partial charge >= 0.3 is 0 Å². The quantitative estimate of drug-likeness (QED) is 0.667. The molecule has 1 saturated heterocycles. The zero-order valence-electron chi connectivity index (χ0n) is 16.4. The van der Waals surface area contributed by atoms with Crippen LogP contribution in [0.15, 0.2) is 54.6 Å². The molecule has 3 rings (SSSR count). The highest BCUT2D eigenvalue weighted by molar-refractivity contribution is 5.76. The molecule has 2 aromatic carbocycles. The second-order valence-corrected chi connectivity index (χ2v) is 7.39. The normalized spacial score (nSPS) is 14.9. The minimum absolute atomic E-state index is 0.280. The van der Waals surface area contributed by atoms with Crippen LogP contribution in [0.1, 0.15) is 43.7 Å². The van der Waals surface area contributed by atoms with Crippen LogP contribution < -0.4 is 4.74 Å². The third-order valence-electron chi connectivity index (χ3n) is 5.53. The van der Waals surface area contributed by atoms with Crippen molar-refractivity contribution in [3.8, 4) is 5.75 Å². The molecule has 0 aromatic heterocycles. The summed E-state index contributed by atoms with van der Waals surface area (Å²) >= 11 is 0. The van der Waals surface area contributed by atoms with E-state index in [0.29, 0.717) is 13.0 Å². The lowest BCUT2D eigenvalue weighted by molar-refractivity contribution is -0.132. The van der Waals surface area contributed by atoms with Gasteiger partial charge in [-0.15, -0.1) is 0 Å². The molecule has 1 heterocycles. The third kappa shape index (κ3) is 5.85. The molecule has 0 saturated carbocycles. The summed E-state index contributed by atoms with van der Waals surface area (Å²) in [5.41, 5.74) is 2.55. The van der Waals surface area contributed by atoms with Gasteiger partial charge in [-0.2, -0.15) is 0 Å². The number of rotatable bonds is 8. The lowest BCUT2D eigenvalue weighted by Crippen LogP contribution is -2.38. The molecule has 1 aliphatic rings. The molecule has 2 aromatic rings. The Morgan fingerprint density at radius 2 is 1.70 bits per heavy atom. The van der Waals surface area contributed by atoms with Crippen molar-refractivity contribution >= 4 is 5.91 Å². The topological polar surface area (TPSA) is 29.5 Å². The maximum absolute atomic E-state index is 12.6. The Morgan fingerprint density at radius 1 is 1.00 bits per heavy atom. The second-order valence-electron chi connectivity index (χ2n) is 7.39. The Balaban J connectivity index is 1.41. The number of nitrogens with zero attached hydrogens (tertiary/aromatic N) is 1. The number of piperidine rings is 1. The number of amides is 1. The number of hydrogen-bond acceptors (Lipinski definition) is 2. The van der Waals surface area contributed by atoms with Crippen LogP contribution in [0.3, 0.4) is 0 Å². The van der Waals surface area contributed by atoms with Gasteiger partial charge in [0.25, 0.3) is 0 Å². The molecule has 1 aliphatic heterocycles. The monoisotopic (exact) mass is 365 g/mol. The summed E-state index contributed by atoms with van der Waals surface area (Å²) in [6, 6.07) is 18.8. The van der Waals surface area contributed by atoms with Crippen molar-refractivity contribution in [3.05, 3.63) is 65.7 Å². The van der Waals surface area contributed by atoms with E-state index in [1.54, 1.807) is 0 Å². The number of aryl methyl sites for hydroxylation is 2. The van der Waals surface area contributed by atoms with Gasteiger partial charge in [0.05, 0.1) is 6.61 Å². The number of para-hydroxylation sites is 1. The van der Waals surface area contributed by atoms with Crippen molar-refractivity contribution in [1.29, 1.82) is 0 Å². The summed E-state index contributed by atoms with van der Waals surface area (Å²) in [6.45, 7) is 4.46. The Hall–Kier alpha value is -2.29. The van der Waals surface area contributed by atoms with E-state index >= 15 is 0 Å². The average molecular weight is 366 g/mol. The maximum Gasteiger partial charge on any atom is 0.222 e. The smallest absolute Gasteiger partial charge is 0.222 e. The van der Waals surface area contributed by atoms with Gasteiger partial charge in [0, 0.05) is 19.5 Å². The van der Waals surface area contributed by atoms with Gasteiger partial charge in [0.1, 0.15) is 5.75 Å². The van der Waals surface area contributed by atoms with E-state index in [-0.39, 0.29) is 5.91 Å². The number of carbonyl (C=O) groups is 1. The van der Waals surface area contributed by atoms with Crippen molar-refractivity contribution in [2.45, 2.75) is 45.4 Å². The van der Waals surface area contributed by atoms with Gasteiger partial charge in [-0.3, -0.25) is 4.79 Å². The molecule has 1 fully saturated rings. The third-order valence-corrected chi connectivity index (χ3v) is 5.53. The zero-order chi connectivity index (χ0) is 18.9. The van der Waals surface area contributed by atoms with E-state index in [0.717, 1.165) is 56.0 Å². The highest BCUT2D eigenvalue weighted by Crippen LogP contribution is 2.24. The summed E-state index contributed by atoms with van der Waals surface area (Å²) in [5.74, 6) is 1.93. The van der Waals surface area contributed by atoms with Crippen LogP contribution in [-0.4, -0.2) is 30.5 Å². The molecular formula is C24H31NO2. The Labute approximate surface area is 163 Å². The first-order valence-electron chi connectivity index (χ1n) is 10.3. The van der Waals surface area contributed by atoms with Crippen LogP contribution in [0.2, 0.25) is 0 Å². The van der Waals surface area contributed by atoms with Gasteiger partial charge in [0.15, 0.2) is 0 Å². The summed E-state index contributed by atoms with van der Waals surface area (Å²) in [7, 11) is 0. The predicted molar refractivity (Wildman–Crippen MR) is 110 cm³/mol. The minimum atomic E-state index is 0.280.